The van der Waals surface area contributed by atoms with Crippen LogP contribution < -0.4 is 5.73 Å². The number of likely N-dealkylation sites (tertiary alicyclic amines) is 1. The van der Waals surface area contributed by atoms with Crippen LogP contribution in [-0.4, -0.2) is 43.0 Å². The van der Waals surface area contributed by atoms with E-state index in [1.54, 1.807) is 4.90 Å². The number of fused-ring (bicyclic) bond motifs is 1. The Morgan fingerprint density at radius 3 is 2.91 bits per heavy atom. The lowest BCUT2D eigenvalue weighted by Gasteiger charge is -2.34. The minimum atomic E-state index is -0.694. The summed E-state index contributed by atoms with van der Waals surface area (Å²) in [4.78, 5) is 26.1. The molecule has 3 rings (SSSR count). The van der Waals surface area contributed by atoms with Crippen LogP contribution in [0.15, 0.2) is 18.2 Å². The Morgan fingerprint density at radius 1 is 1.48 bits per heavy atom. The second-order valence-electron chi connectivity index (χ2n) is 6.23. The van der Waals surface area contributed by atoms with Crippen molar-refractivity contribution in [2.45, 2.75) is 12.8 Å². The molecule has 5 nitrogen and oxygen atoms in total. The topological polar surface area (TPSA) is 72.6 Å². The lowest BCUT2D eigenvalue weighted by atomic mass is 9.74. The van der Waals surface area contributed by atoms with Gasteiger partial charge in [-0.05, 0) is 24.1 Å². The van der Waals surface area contributed by atoms with Crippen LogP contribution >= 0.6 is 11.6 Å². The van der Waals surface area contributed by atoms with Gasteiger partial charge in [0.1, 0.15) is 5.82 Å². The fourth-order valence-electron chi connectivity index (χ4n) is 3.48. The smallest absolute Gasteiger partial charge is 0.227 e. The van der Waals surface area contributed by atoms with Crippen molar-refractivity contribution in [3.05, 3.63) is 34.6 Å². The second-order valence-corrected chi connectivity index (χ2v) is 6.64. The van der Waals surface area contributed by atoms with Crippen molar-refractivity contribution in [3.8, 4) is 0 Å². The summed E-state index contributed by atoms with van der Waals surface area (Å²) in [5, 5.41) is 0.225. The molecule has 0 unspecified atom stereocenters. The van der Waals surface area contributed by atoms with Crippen molar-refractivity contribution in [3.63, 3.8) is 0 Å². The predicted octanol–water partition coefficient (Wildman–Crippen LogP) is 1.37. The highest BCUT2D eigenvalue weighted by molar-refractivity contribution is 6.31. The molecule has 1 aromatic carbocycles. The van der Waals surface area contributed by atoms with Gasteiger partial charge in [0, 0.05) is 30.6 Å². The van der Waals surface area contributed by atoms with Gasteiger partial charge >= 0.3 is 0 Å². The average molecular weight is 341 g/mol. The summed E-state index contributed by atoms with van der Waals surface area (Å²) in [5.41, 5.74) is 5.48. The van der Waals surface area contributed by atoms with E-state index in [-0.39, 0.29) is 29.2 Å². The Kier molecular flexibility index (Phi) is 4.29. The van der Waals surface area contributed by atoms with Gasteiger partial charge in [-0.15, -0.1) is 0 Å². The number of carbonyl (C=O) groups excluding carboxylic acids is 2. The highest BCUT2D eigenvalue weighted by Crippen LogP contribution is 2.42. The minimum Gasteiger partial charge on any atom is -0.381 e. The van der Waals surface area contributed by atoms with E-state index < -0.39 is 11.2 Å². The number of carbonyl (C=O) groups is 2. The number of ether oxygens (including phenoxy) is 1. The molecule has 0 aromatic heterocycles. The number of hydrogen-bond donors (Lipinski definition) is 1. The number of halogens is 2. The van der Waals surface area contributed by atoms with Crippen LogP contribution in [0.25, 0.3) is 0 Å². The first kappa shape index (κ1) is 16.2. The summed E-state index contributed by atoms with van der Waals surface area (Å²) in [6, 6.07) is 3.97. The third-order valence-corrected chi connectivity index (χ3v) is 5.26. The molecule has 2 heterocycles. The highest BCUT2D eigenvalue weighted by Gasteiger charge is 2.53. The van der Waals surface area contributed by atoms with Crippen LogP contribution in [0.5, 0.6) is 0 Å². The maximum atomic E-state index is 13.1. The van der Waals surface area contributed by atoms with Gasteiger partial charge < -0.3 is 15.4 Å². The van der Waals surface area contributed by atoms with Crippen molar-refractivity contribution in [1.82, 2.24) is 4.90 Å². The van der Waals surface area contributed by atoms with Gasteiger partial charge in [0.25, 0.3) is 0 Å². The van der Waals surface area contributed by atoms with Crippen molar-refractivity contribution >= 4 is 23.4 Å². The van der Waals surface area contributed by atoms with Crippen molar-refractivity contribution < 1.29 is 18.7 Å². The number of amides is 2. The average Bonchev–Trinajstić information content (AvgIpc) is 2.91. The maximum Gasteiger partial charge on any atom is 0.227 e. The molecule has 2 aliphatic heterocycles. The van der Waals surface area contributed by atoms with Gasteiger partial charge in [-0.3, -0.25) is 9.59 Å². The van der Waals surface area contributed by atoms with E-state index in [1.807, 2.05) is 0 Å². The number of hydrogen-bond acceptors (Lipinski definition) is 3. The zero-order valence-electron chi connectivity index (χ0n) is 12.6. The molecule has 2 amide bonds. The fourth-order valence-corrected chi connectivity index (χ4v) is 3.72. The Labute approximate surface area is 138 Å². The Balaban J connectivity index is 1.75. The third kappa shape index (κ3) is 2.93. The van der Waals surface area contributed by atoms with Gasteiger partial charge in [0.05, 0.1) is 18.4 Å². The molecule has 0 saturated carbocycles. The Hall–Kier alpha value is -1.66. The summed E-state index contributed by atoms with van der Waals surface area (Å²) >= 11 is 5.98. The molecule has 2 fully saturated rings. The maximum absolute atomic E-state index is 13.1. The molecule has 23 heavy (non-hydrogen) atoms. The first-order chi connectivity index (χ1) is 10.9. The molecule has 2 atom stereocenters. The number of primary amides is 1. The second kappa shape index (κ2) is 6.09. The molecule has 2 N–H and O–H groups in total. The van der Waals surface area contributed by atoms with Crippen LogP contribution in [0.1, 0.15) is 12.0 Å². The van der Waals surface area contributed by atoms with E-state index in [0.29, 0.717) is 38.3 Å². The van der Waals surface area contributed by atoms with E-state index in [1.165, 1.54) is 18.2 Å². The quantitative estimate of drug-likeness (QED) is 0.903. The molecule has 0 spiro atoms. The summed E-state index contributed by atoms with van der Waals surface area (Å²) in [6.07, 6.45) is 0.607. The number of rotatable bonds is 3. The predicted molar refractivity (Wildman–Crippen MR) is 82.2 cm³/mol. The monoisotopic (exact) mass is 340 g/mol. The first-order valence-corrected chi connectivity index (χ1v) is 7.89. The van der Waals surface area contributed by atoms with Crippen LogP contribution in [0, 0.1) is 17.2 Å². The molecule has 0 radical (unpaired) electrons. The number of nitrogens with zero attached hydrogens (tertiary/aromatic N) is 1. The van der Waals surface area contributed by atoms with Gasteiger partial charge in [-0.2, -0.15) is 0 Å². The van der Waals surface area contributed by atoms with Gasteiger partial charge in [0.15, 0.2) is 0 Å². The van der Waals surface area contributed by atoms with E-state index in [2.05, 4.69) is 0 Å². The Bertz CT molecular complexity index is 654. The summed E-state index contributed by atoms with van der Waals surface area (Å²) < 4.78 is 18.5. The van der Waals surface area contributed by atoms with E-state index in [4.69, 9.17) is 22.1 Å². The SMILES string of the molecule is NC(=O)[C@]12CCOC[C@H]1CN(C(=O)Cc1ccc(F)cc1Cl)C2. The van der Waals surface area contributed by atoms with Gasteiger partial charge in [0.2, 0.25) is 11.8 Å². The number of nitrogens with two attached hydrogens (primary N) is 1. The summed E-state index contributed by atoms with van der Waals surface area (Å²) in [6.45, 7) is 1.67. The van der Waals surface area contributed by atoms with Crippen molar-refractivity contribution in [1.29, 1.82) is 0 Å². The molecule has 2 aliphatic rings. The third-order valence-electron chi connectivity index (χ3n) is 4.91. The first-order valence-electron chi connectivity index (χ1n) is 7.52. The van der Waals surface area contributed by atoms with E-state index in [9.17, 15) is 14.0 Å². The largest absolute Gasteiger partial charge is 0.381 e. The molecule has 2 saturated heterocycles. The Morgan fingerprint density at radius 2 is 2.26 bits per heavy atom. The van der Waals surface area contributed by atoms with Crippen LogP contribution in [0.4, 0.5) is 4.39 Å². The van der Waals surface area contributed by atoms with Crippen LogP contribution in [0.2, 0.25) is 5.02 Å². The summed E-state index contributed by atoms with van der Waals surface area (Å²) in [7, 11) is 0. The van der Waals surface area contributed by atoms with Gasteiger partial charge in [-0.25, -0.2) is 4.39 Å². The normalized spacial score (nSPS) is 26.9. The molecule has 0 bridgehead atoms. The van der Waals surface area contributed by atoms with Crippen molar-refractivity contribution in [2.75, 3.05) is 26.3 Å². The van der Waals surface area contributed by atoms with Crippen LogP contribution in [0.3, 0.4) is 0 Å². The highest BCUT2D eigenvalue weighted by atomic mass is 35.5. The zero-order chi connectivity index (χ0) is 16.6. The molecule has 124 valence electrons. The molecule has 0 aliphatic carbocycles. The molecular formula is C16H18ClFN2O3. The van der Waals surface area contributed by atoms with Crippen molar-refractivity contribution in [2.24, 2.45) is 17.1 Å². The van der Waals surface area contributed by atoms with Gasteiger partial charge in [-0.1, -0.05) is 17.7 Å². The minimum absolute atomic E-state index is 0.0682. The number of benzene rings is 1. The van der Waals surface area contributed by atoms with E-state index >= 15 is 0 Å². The fraction of sp³-hybridized carbons (Fsp3) is 0.500. The molecule has 1 aromatic rings. The molecule has 7 heteroatoms. The standard InChI is InChI=1S/C16H18ClFN2O3/c17-13-6-12(18)2-1-10(13)5-14(21)20-7-11-8-23-4-3-16(11,9-20)15(19)22/h1-2,6,11H,3-5,7-9H2,(H2,19,22)/t11-,16+/m1/s1. The molecular weight excluding hydrogens is 323 g/mol. The summed E-state index contributed by atoms with van der Waals surface area (Å²) in [5.74, 6) is -1.03. The van der Waals surface area contributed by atoms with E-state index in [0.717, 1.165) is 0 Å². The lowest BCUT2D eigenvalue weighted by molar-refractivity contribution is -0.136. The van der Waals surface area contributed by atoms with Crippen LogP contribution in [-0.2, 0) is 20.7 Å². The zero-order valence-corrected chi connectivity index (χ0v) is 13.3. The lowest BCUT2D eigenvalue weighted by Crippen LogP contribution is -2.48.